The highest BCUT2D eigenvalue weighted by Gasteiger charge is 2.25. The SMILES string of the molecule is Nc1cc(N2C(=O)CCCCC2=O)ccc1Cl. The first-order valence-electron chi connectivity index (χ1n) is 5.50. The second kappa shape index (κ2) is 4.75. The van der Waals surface area contributed by atoms with Gasteiger partial charge in [-0.25, -0.2) is 0 Å². The second-order valence-corrected chi connectivity index (χ2v) is 4.44. The molecule has 0 unspecified atom stereocenters. The Morgan fingerprint density at radius 2 is 1.71 bits per heavy atom. The number of carbonyl (C=O) groups is 2. The molecule has 0 aromatic heterocycles. The van der Waals surface area contributed by atoms with Crippen LogP contribution in [0.25, 0.3) is 0 Å². The number of nitrogen functional groups attached to an aromatic ring is 1. The summed E-state index contributed by atoms with van der Waals surface area (Å²) in [5.41, 5.74) is 6.55. The molecule has 1 aromatic rings. The van der Waals surface area contributed by atoms with Crippen LogP contribution in [0.4, 0.5) is 11.4 Å². The lowest BCUT2D eigenvalue weighted by Crippen LogP contribution is -2.35. The van der Waals surface area contributed by atoms with Crippen LogP contribution in [-0.2, 0) is 9.59 Å². The van der Waals surface area contributed by atoms with Gasteiger partial charge in [0.2, 0.25) is 11.8 Å². The molecule has 1 heterocycles. The summed E-state index contributed by atoms with van der Waals surface area (Å²) in [6.07, 6.45) is 2.30. The lowest BCUT2D eigenvalue weighted by molar-refractivity contribution is -0.125. The van der Waals surface area contributed by atoms with Crippen LogP contribution in [0.15, 0.2) is 18.2 Å². The fourth-order valence-electron chi connectivity index (χ4n) is 1.87. The first-order chi connectivity index (χ1) is 8.09. The number of rotatable bonds is 1. The Morgan fingerprint density at radius 1 is 1.12 bits per heavy atom. The van der Waals surface area contributed by atoms with Crippen molar-refractivity contribution >= 4 is 34.8 Å². The van der Waals surface area contributed by atoms with E-state index >= 15 is 0 Å². The zero-order valence-corrected chi connectivity index (χ0v) is 10.0. The lowest BCUT2D eigenvalue weighted by atomic mass is 10.2. The van der Waals surface area contributed by atoms with Crippen molar-refractivity contribution in [1.82, 2.24) is 0 Å². The number of benzene rings is 1. The first kappa shape index (κ1) is 11.9. The fraction of sp³-hybridized carbons (Fsp3) is 0.333. The molecule has 0 radical (unpaired) electrons. The number of halogens is 1. The van der Waals surface area contributed by atoms with E-state index in [0.717, 1.165) is 12.8 Å². The van der Waals surface area contributed by atoms with Crippen molar-refractivity contribution in [2.24, 2.45) is 0 Å². The molecule has 0 atom stereocenters. The van der Waals surface area contributed by atoms with Gasteiger partial charge in [0.25, 0.3) is 0 Å². The molecule has 1 aliphatic heterocycles. The van der Waals surface area contributed by atoms with E-state index in [0.29, 0.717) is 29.2 Å². The van der Waals surface area contributed by atoms with Crippen molar-refractivity contribution in [3.8, 4) is 0 Å². The Kier molecular flexibility index (Phi) is 3.33. The molecule has 1 aliphatic rings. The maximum absolute atomic E-state index is 11.9. The predicted octanol–water partition coefficient (Wildman–Crippen LogP) is 2.36. The third-order valence-electron chi connectivity index (χ3n) is 2.77. The average molecular weight is 253 g/mol. The number of carbonyl (C=O) groups excluding carboxylic acids is 2. The molecule has 5 heteroatoms. The first-order valence-corrected chi connectivity index (χ1v) is 5.88. The van der Waals surface area contributed by atoms with Gasteiger partial charge in [-0.3, -0.25) is 14.5 Å². The number of nitrogens with two attached hydrogens (primary N) is 1. The summed E-state index contributed by atoms with van der Waals surface area (Å²) in [5, 5.41) is 0.420. The molecule has 2 amide bonds. The van der Waals surface area contributed by atoms with Gasteiger partial charge in [-0.05, 0) is 31.0 Å². The average Bonchev–Trinajstić information content (AvgIpc) is 2.45. The number of imide groups is 1. The standard InChI is InChI=1S/C12H13ClN2O2/c13-9-6-5-8(7-10(9)14)15-11(16)3-1-2-4-12(15)17/h5-7H,1-4,14H2. The number of nitrogens with zero attached hydrogens (tertiary/aromatic N) is 1. The minimum absolute atomic E-state index is 0.172. The van der Waals surface area contributed by atoms with Crippen LogP contribution in [0, 0.1) is 0 Å². The summed E-state index contributed by atoms with van der Waals surface area (Å²) in [4.78, 5) is 24.9. The van der Waals surface area contributed by atoms with Crippen molar-refractivity contribution < 1.29 is 9.59 Å². The highest BCUT2D eigenvalue weighted by atomic mass is 35.5. The monoisotopic (exact) mass is 252 g/mol. The van der Waals surface area contributed by atoms with E-state index in [1.165, 1.54) is 4.90 Å². The Hall–Kier alpha value is -1.55. The van der Waals surface area contributed by atoms with E-state index in [1.54, 1.807) is 18.2 Å². The molecular weight excluding hydrogens is 240 g/mol. The lowest BCUT2D eigenvalue weighted by Gasteiger charge is -2.19. The molecule has 0 saturated carbocycles. The van der Waals surface area contributed by atoms with Gasteiger partial charge < -0.3 is 5.73 Å². The minimum Gasteiger partial charge on any atom is -0.397 e. The van der Waals surface area contributed by atoms with Gasteiger partial charge in [-0.1, -0.05) is 11.6 Å². The molecule has 0 spiro atoms. The van der Waals surface area contributed by atoms with Crippen LogP contribution >= 0.6 is 11.6 Å². The molecule has 0 aliphatic carbocycles. The van der Waals surface area contributed by atoms with E-state index in [-0.39, 0.29) is 11.8 Å². The van der Waals surface area contributed by atoms with E-state index in [9.17, 15) is 9.59 Å². The molecular formula is C12H13ClN2O2. The number of hydrogen-bond acceptors (Lipinski definition) is 3. The van der Waals surface area contributed by atoms with Crippen LogP contribution in [0.1, 0.15) is 25.7 Å². The van der Waals surface area contributed by atoms with Crippen molar-refractivity contribution in [3.63, 3.8) is 0 Å². The molecule has 1 saturated heterocycles. The number of anilines is 2. The second-order valence-electron chi connectivity index (χ2n) is 4.04. The zero-order chi connectivity index (χ0) is 12.4. The van der Waals surface area contributed by atoms with Crippen molar-refractivity contribution in [3.05, 3.63) is 23.2 Å². The quantitative estimate of drug-likeness (QED) is 0.616. The van der Waals surface area contributed by atoms with E-state index < -0.39 is 0 Å². The van der Waals surface area contributed by atoms with Gasteiger partial charge in [-0.2, -0.15) is 0 Å². The molecule has 0 bridgehead atoms. The Balaban J connectivity index is 2.38. The summed E-state index contributed by atoms with van der Waals surface area (Å²) in [6, 6.07) is 4.79. The van der Waals surface area contributed by atoms with Gasteiger partial charge in [0.1, 0.15) is 0 Å². The minimum atomic E-state index is -0.172. The summed E-state index contributed by atoms with van der Waals surface area (Å²) >= 11 is 5.81. The van der Waals surface area contributed by atoms with Crippen molar-refractivity contribution in [1.29, 1.82) is 0 Å². The largest absolute Gasteiger partial charge is 0.397 e. The van der Waals surface area contributed by atoms with Crippen molar-refractivity contribution in [2.45, 2.75) is 25.7 Å². The van der Waals surface area contributed by atoms with E-state index in [2.05, 4.69) is 0 Å². The van der Waals surface area contributed by atoms with Gasteiger partial charge in [0.15, 0.2) is 0 Å². The molecule has 2 N–H and O–H groups in total. The van der Waals surface area contributed by atoms with Gasteiger partial charge in [0.05, 0.1) is 16.4 Å². The summed E-state index contributed by atoms with van der Waals surface area (Å²) in [7, 11) is 0. The third kappa shape index (κ3) is 2.42. The fourth-order valence-corrected chi connectivity index (χ4v) is 1.99. The van der Waals surface area contributed by atoms with Gasteiger partial charge >= 0.3 is 0 Å². The van der Waals surface area contributed by atoms with Gasteiger partial charge in [0, 0.05) is 12.8 Å². The van der Waals surface area contributed by atoms with E-state index in [1.807, 2.05) is 0 Å². The van der Waals surface area contributed by atoms with Crippen molar-refractivity contribution in [2.75, 3.05) is 10.6 Å². The summed E-state index contributed by atoms with van der Waals surface area (Å²) in [6.45, 7) is 0. The highest BCUT2D eigenvalue weighted by Crippen LogP contribution is 2.27. The van der Waals surface area contributed by atoms with E-state index in [4.69, 9.17) is 17.3 Å². The zero-order valence-electron chi connectivity index (χ0n) is 9.28. The smallest absolute Gasteiger partial charge is 0.233 e. The number of hydrogen-bond donors (Lipinski definition) is 1. The van der Waals surface area contributed by atoms with Crippen LogP contribution in [-0.4, -0.2) is 11.8 Å². The maximum Gasteiger partial charge on any atom is 0.233 e. The number of amides is 2. The van der Waals surface area contributed by atoms with Gasteiger partial charge in [-0.15, -0.1) is 0 Å². The molecule has 1 aromatic carbocycles. The summed E-state index contributed by atoms with van der Waals surface area (Å²) < 4.78 is 0. The van der Waals surface area contributed by atoms with Crippen LogP contribution in [0.5, 0.6) is 0 Å². The van der Waals surface area contributed by atoms with Crippen LogP contribution < -0.4 is 10.6 Å². The van der Waals surface area contributed by atoms with Crippen LogP contribution in [0.2, 0.25) is 5.02 Å². The maximum atomic E-state index is 11.9. The molecule has 2 rings (SSSR count). The highest BCUT2D eigenvalue weighted by molar-refractivity contribution is 6.33. The normalized spacial score (nSPS) is 17.1. The Morgan fingerprint density at radius 3 is 2.24 bits per heavy atom. The van der Waals surface area contributed by atoms with Crippen LogP contribution in [0.3, 0.4) is 0 Å². The third-order valence-corrected chi connectivity index (χ3v) is 3.11. The Labute approximate surface area is 104 Å². The Bertz CT molecular complexity index is 456. The molecule has 1 fully saturated rings. The summed E-state index contributed by atoms with van der Waals surface area (Å²) in [5.74, 6) is -0.344. The predicted molar refractivity (Wildman–Crippen MR) is 66.8 cm³/mol. The topological polar surface area (TPSA) is 63.4 Å². The molecule has 17 heavy (non-hydrogen) atoms. The molecule has 90 valence electrons. The molecule has 4 nitrogen and oxygen atoms in total.